The predicted molar refractivity (Wildman–Crippen MR) is 134 cm³/mol. The second-order valence-electron chi connectivity index (χ2n) is 8.46. The van der Waals surface area contributed by atoms with Crippen LogP contribution < -0.4 is 5.56 Å². The van der Waals surface area contributed by atoms with Gasteiger partial charge >= 0.3 is 0 Å². The molecule has 2 heterocycles. The van der Waals surface area contributed by atoms with E-state index in [-0.39, 0.29) is 5.56 Å². The number of aryl methyl sites for hydroxylation is 3. The number of hydrogen-bond donors (Lipinski definition) is 0. The van der Waals surface area contributed by atoms with Crippen molar-refractivity contribution < 1.29 is 0 Å². The molecule has 0 aliphatic carbocycles. The summed E-state index contributed by atoms with van der Waals surface area (Å²) in [7, 11) is 1.85. The highest BCUT2D eigenvalue weighted by Gasteiger charge is 2.18. The van der Waals surface area contributed by atoms with Gasteiger partial charge in [-0.25, -0.2) is 4.98 Å². The molecule has 0 atom stereocenters. The zero-order valence-corrected chi connectivity index (χ0v) is 20.0. The van der Waals surface area contributed by atoms with Crippen LogP contribution in [0.2, 0.25) is 0 Å². The Morgan fingerprint density at radius 2 is 1.79 bits per heavy atom. The van der Waals surface area contributed by atoms with E-state index in [4.69, 9.17) is 4.98 Å². The zero-order chi connectivity index (χ0) is 24.1. The average Bonchev–Trinajstić information content (AvgIpc) is 3.30. The summed E-state index contributed by atoms with van der Waals surface area (Å²) in [6, 6.07) is 17.9. The smallest absolute Gasteiger partial charge is 0.262 e. The van der Waals surface area contributed by atoms with E-state index >= 15 is 0 Å². The van der Waals surface area contributed by atoms with Gasteiger partial charge in [0.25, 0.3) is 5.56 Å². The summed E-state index contributed by atoms with van der Waals surface area (Å²) < 4.78 is 3.52. The third-order valence-electron chi connectivity index (χ3n) is 6.06. The van der Waals surface area contributed by atoms with Gasteiger partial charge in [0, 0.05) is 25.2 Å². The highest BCUT2D eigenvalue weighted by molar-refractivity contribution is 5.70. The van der Waals surface area contributed by atoms with E-state index in [2.05, 4.69) is 18.1 Å². The van der Waals surface area contributed by atoms with Crippen molar-refractivity contribution >= 4 is 0 Å². The van der Waals surface area contributed by atoms with Crippen molar-refractivity contribution in [1.82, 2.24) is 19.3 Å². The lowest BCUT2D eigenvalue weighted by atomic mass is 9.99. The van der Waals surface area contributed by atoms with Crippen LogP contribution >= 0.6 is 0 Å². The molecule has 4 aromatic rings. The molecule has 0 aliphatic heterocycles. The van der Waals surface area contributed by atoms with Crippen LogP contribution in [0.3, 0.4) is 0 Å². The molecule has 0 amide bonds. The van der Waals surface area contributed by atoms with Crippen LogP contribution in [0.1, 0.15) is 49.3 Å². The monoisotopic (exact) mass is 451 g/mol. The highest BCUT2D eigenvalue weighted by Crippen LogP contribution is 2.24. The quantitative estimate of drug-likeness (QED) is 0.372. The lowest BCUT2D eigenvalue weighted by Crippen LogP contribution is -2.29. The molecule has 0 N–H and O–H groups in total. The van der Waals surface area contributed by atoms with Gasteiger partial charge in [-0.15, -0.1) is 0 Å². The molecular weight excluding hydrogens is 422 g/mol. The Balaban J connectivity index is 1.76. The summed E-state index contributed by atoms with van der Waals surface area (Å²) in [6.45, 7) is 4.63. The van der Waals surface area contributed by atoms with Gasteiger partial charge in [0.2, 0.25) is 0 Å². The second kappa shape index (κ2) is 10.3. The first-order valence-corrected chi connectivity index (χ1v) is 11.8. The molecule has 0 spiro atoms. The summed E-state index contributed by atoms with van der Waals surface area (Å²) in [5.41, 5.74) is 5.79. The standard InChI is InChI=1S/C28H29N5O/c1-4-6-11-26-31-25(5-2)27(23-17-30-32(3)19-23)28(34)33(26)18-20-12-14-21(15-13-20)24-10-8-7-9-22(24)16-29/h7-10,12-15,17,19H,4-6,11,18H2,1-3H3. The Bertz CT molecular complexity index is 1390. The normalized spacial score (nSPS) is 10.9. The number of nitriles is 1. The molecule has 0 saturated carbocycles. The Hall–Kier alpha value is -3.98. The Morgan fingerprint density at radius 1 is 1.03 bits per heavy atom. The Morgan fingerprint density at radius 3 is 2.44 bits per heavy atom. The topological polar surface area (TPSA) is 76.5 Å². The van der Waals surface area contributed by atoms with Crippen LogP contribution in [-0.4, -0.2) is 19.3 Å². The van der Waals surface area contributed by atoms with E-state index in [0.717, 1.165) is 53.0 Å². The maximum absolute atomic E-state index is 13.8. The summed E-state index contributed by atoms with van der Waals surface area (Å²) in [4.78, 5) is 18.7. The minimum Gasteiger partial charge on any atom is -0.292 e. The lowest BCUT2D eigenvalue weighted by Gasteiger charge is -2.17. The van der Waals surface area contributed by atoms with Crippen molar-refractivity contribution in [3.63, 3.8) is 0 Å². The molecule has 0 bridgehead atoms. The summed E-state index contributed by atoms with van der Waals surface area (Å²) in [5.74, 6) is 0.829. The molecule has 0 unspecified atom stereocenters. The van der Waals surface area contributed by atoms with Crippen LogP contribution in [0, 0.1) is 11.3 Å². The van der Waals surface area contributed by atoms with E-state index in [9.17, 15) is 10.1 Å². The fourth-order valence-electron chi connectivity index (χ4n) is 4.24. The van der Waals surface area contributed by atoms with Gasteiger partial charge in [-0.1, -0.05) is 62.7 Å². The predicted octanol–water partition coefficient (Wildman–Crippen LogP) is 5.14. The van der Waals surface area contributed by atoms with Gasteiger partial charge in [0.15, 0.2) is 0 Å². The van der Waals surface area contributed by atoms with E-state index in [0.29, 0.717) is 24.1 Å². The molecular formula is C28H29N5O. The number of rotatable bonds is 8. The van der Waals surface area contributed by atoms with E-state index in [1.165, 1.54) is 0 Å². The largest absolute Gasteiger partial charge is 0.292 e. The van der Waals surface area contributed by atoms with Crippen LogP contribution in [0.4, 0.5) is 0 Å². The number of hydrogen-bond acceptors (Lipinski definition) is 4. The molecule has 2 aromatic heterocycles. The summed E-state index contributed by atoms with van der Waals surface area (Å²) >= 11 is 0. The molecule has 0 radical (unpaired) electrons. The molecule has 4 rings (SSSR count). The summed E-state index contributed by atoms with van der Waals surface area (Å²) in [5, 5.41) is 13.7. The van der Waals surface area contributed by atoms with E-state index in [1.807, 2.05) is 73.3 Å². The number of nitrogens with zero attached hydrogens (tertiary/aromatic N) is 5. The number of aromatic nitrogens is 4. The molecule has 6 heteroatoms. The molecule has 0 aliphatic rings. The van der Waals surface area contributed by atoms with Crippen LogP contribution in [0.5, 0.6) is 0 Å². The lowest BCUT2D eigenvalue weighted by molar-refractivity contribution is 0.631. The fraction of sp³-hybridized carbons (Fsp3) is 0.286. The summed E-state index contributed by atoms with van der Waals surface area (Å²) in [6.07, 6.45) is 7.07. The van der Waals surface area contributed by atoms with Crippen LogP contribution in [0.15, 0.2) is 65.7 Å². The van der Waals surface area contributed by atoms with Crippen molar-refractivity contribution in [3.05, 3.63) is 93.9 Å². The van der Waals surface area contributed by atoms with Crippen molar-refractivity contribution in [1.29, 1.82) is 5.26 Å². The van der Waals surface area contributed by atoms with Gasteiger partial charge in [-0.3, -0.25) is 14.0 Å². The van der Waals surface area contributed by atoms with Gasteiger partial charge < -0.3 is 0 Å². The first kappa shape index (κ1) is 23.2. The van der Waals surface area contributed by atoms with Crippen molar-refractivity contribution in [2.45, 2.75) is 46.1 Å². The molecule has 34 heavy (non-hydrogen) atoms. The Kier molecular flexibility index (Phi) is 7.03. The molecule has 2 aromatic carbocycles. The Labute approximate surface area is 200 Å². The third kappa shape index (κ3) is 4.69. The van der Waals surface area contributed by atoms with Crippen molar-refractivity contribution in [2.75, 3.05) is 0 Å². The molecule has 0 saturated heterocycles. The maximum Gasteiger partial charge on any atom is 0.262 e. The average molecular weight is 452 g/mol. The fourth-order valence-corrected chi connectivity index (χ4v) is 4.24. The highest BCUT2D eigenvalue weighted by atomic mass is 16.1. The first-order chi connectivity index (χ1) is 16.5. The SMILES string of the molecule is CCCCc1nc(CC)c(-c2cnn(C)c2)c(=O)n1Cc1ccc(-c2ccccc2C#N)cc1. The third-order valence-corrected chi connectivity index (χ3v) is 6.06. The molecule has 172 valence electrons. The van der Waals surface area contributed by atoms with Gasteiger partial charge in [0.05, 0.1) is 35.6 Å². The van der Waals surface area contributed by atoms with Crippen molar-refractivity contribution in [2.24, 2.45) is 7.05 Å². The zero-order valence-electron chi connectivity index (χ0n) is 20.0. The van der Waals surface area contributed by atoms with Gasteiger partial charge in [-0.05, 0) is 35.6 Å². The second-order valence-corrected chi connectivity index (χ2v) is 8.46. The van der Waals surface area contributed by atoms with Crippen LogP contribution in [-0.2, 0) is 26.4 Å². The maximum atomic E-state index is 13.8. The van der Waals surface area contributed by atoms with E-state index in [1.54, 1.807) is 10.9 Å². The minimum atomic E-state index is -0.0233. The van der Waals surface area contributed by atoms with Crippen molar-refractivity contribution in [3.8, 4) is 28.3 Å². The van der Waals surface area contributed by atoms with Gasteiger partial charge in [0.1, 0.15) is 5.82 Å². The molecule has 0 fully saturated rings. The first-order valence-electron chi connectivity index (χ1n) is 11.8. The number of unbranched alkanes of at least 4 members (excludes halogenated alkanes) is 1. The van der Waals surface area contributed by atoms with Gasteiger partial charge in [-0.2, -0.15) is 10.4 Å². The van der Waals surface area contributed by atoms with Crippen LogP contribution in [0.25, 0.3) is 22.3 Å². The molecule has 6 nitrogen and oxygen atoms in total. The van der Waals surface area contributed by atoms with E-state index < -0.39 is 0 Å². The minimum absolute atomic E-state index is 0.0233. The number of benzene rings is 2.